The van der Waals surface area contributed by atoms with Crippen LogP contribution in [0, 0.1) is 0 Å². The Morgan fingerprint density at radius 3 is 2.68 bits per heavy atom. The number of rotatable bonds is 3. The van der Waals surface area contributed by atoms with Crippen LogP contribution in [0.5, 0.6) is 0 Å². The Kier molecular flexibility index (Phi) is 3.99. The van der Waals surface area contributed by atoms with Crippen LogP contribution in [0.15, 0.2) is 59.1 Å². The lowest BCUT2D eigenvalue weighted by Crippen LogP contribution is -2.18. The van der Waals surface area contributed by atoms with Crippen molar-refractivity contribution >= 4 is 39.5 Å². The van der Waals surface area contributed by atoms with Crippen LogP contribution in [0.25, 0.3) is 32.8 Å². The van der Waals surface area contributed by atoms with E-state index in [1.165, 1.54) is 15.9 Å². The molecule has 0 aliphatic carbocycles. The molecule has 28 heavy (non-hydrogen) atoms. The maximum absolute atomic E-state index is 13.0. The summed E-state index contributed by atoms with van der Waals surface area (Å²) in [7, 11) is 0. The number of nitrogens with zero attached hydrogens (tertiary/aromatic N) is 5. The van der Waals surface area contributed by atoms with Gasteiger partial charge in [-0.1, -0.05) is 30.7 Å². The second-order valence-electron chi connectivity index (χ2n) is 6.28. The summed E-state index contributed by atoms with van der Waals surface area (Å²) in [5.74, 6) is 0. The predicted molar refractivity (Wildman–Crippen MR) is 112 cm³/mol. The minimum Gasteiger partial charge on any atom is -0.268 e. The fourth-order valence-electron chi connectivity index (χ4n) is 3.36. The quantitative estimate of drug-likeness (QED) is 0.445. The molecule has 0 radical (unpaired) electrons. The summed E-state index contributed by atoms with van der Waals surface area (Å²) in [5, 5.41) is 8.40. The van der Waals surface area contributed by atoms with Crippen LogP contribution in [0.2, 0.25) is 5.02 Å². The minimum atomic E-state index is -0.163. The van der Waals surface area contributed by atoms with Gasteiger partial charge in [-0.05, 0) is 30.2 Å². The number of pyridine rings is 1. The second-order valence-corrected chi connectivity index (χ2v) is 7.59. The minimum absolute atomic E-state index is 0.163. The summed E-state index contributed by atoms with van der Waals surface area (Å²) in [5.41, 5.74) is 4.16. The third-order valence-electron chi connectivity index (χ3n) is 4.68. The summed E-state index contributed by atoms with van der Waals surface area (Å²) in [6.45, 7) is 2.05. The Hall–Kier alpha value is -3.03. The molecule has 6 nitrogen and oxygen atoms in total. The van der Waals surface area contributed by atoms with Crippen molar-refractivity contribution in [2.24, 2.45) is 0 Å². The van der Waals surface area contributed by atoms with E-state index >= 15 is 0 Å². The lowest BCUT2D eigenvalue weighted by atomic mass is 10.0. The molecule has 0 spiro atoms. The molecule has 0 saturated heterocycles. The molecular weight excluding hydrogens is 394 g/mol. The highest BCUT2D eigenvalue weighted by atomic mass is 35.5. The topological polar surface area (TPSA) is 65.1 Å². The second kappa shape index (κ2) is 6.54. The Labute approximate surface area is 168 Å². The lowest BCUT2D eigenvalue weighted by molar-refractivity contribution is 0.908. The fourth-order valence-corrected chi connectivity index (χ4v) is 4.11. The van der Waals surface area contributed by atoms with Gasteiger partial charge in [-0.2, -0.15) is 5.10 Å². The van der Waals surface area contributed by atoms with Crippen molar-refractivity contribution in [2.75, 3.05) is 0 Å². The van der Waals surface area contributed by atoms with Gasteiger partial charge in [0.15, 0.2) is 10.8 Å². The zero-order chi connectivity index (χ0) is 19.3. The highest BCUT2D eigenvalue weighted by Gasteiger charge is 2.18. The standard InChI is InChI=1S/C20H14ClN5OS/c1-2-15-17(12-3-5-13(21)6-4-12)18-23-11-14-16(26(18)24-15)7-9-25(19(14)27)20-22-8-10-28-20/h3-11H,2H2,1H3. The van der Waals surface area contributed by atoms with Crippen LogP contribution in [-0.2, 0) is 6.42 Å². The Balaban J connectivity index is 1.81. The summed E-state index contributed by atoms with van der Waals surface area (Å²) >= 11 is 7.45. The summed E-state index contributed by atoms with van der Waals surface area (Å²) < 4.78 is 3.29. The van der Waals surface area contributed by atoms with Crippen molar-refractivity contribution in [3.8, 4) is 16.3 Å². The van der Waals surface area contributed by atoms with Crippen LogP contribution < -0.4 is 5.56 Å². The van der Waals surface area contributed by atoms with E-state index in [1.807, 2.05) is 35.7 Å². The molecule has 0 unspecified atom stereocenters. The monoisotopic (exact) mass is 407 g/mol. The first-order chi connectivity index (χ1) is 13.7. The van der Waals surface area contributed by atoms with E-state index in [4.69, 9.17) is 16.7 Å². The van der Waals surface area contributed by atoms with Gasteiger partial charge in [-0.3, -0.25) is 9.36 Å². The van der Waals surface area contributed by atoms with Gasteiger partial charge in [0.05, 0.1) is 16.6 Å². The van der Waals surface area contributed by atoms with Gasteiger partial charge in [-0.25, -0.2) is 14.5 Å². The number of benzene rings is 1. The van der Waals surface area contributed by atoms with E-state index in [2.05, 4.69) is 16.9 Å². The number of halogens is 1. The molecule has 0 saturated carbocycles. The smallest absolute Gasteiger partial charge is 0.267 e. The number of hydrogen-bond acceptors (Lipinski definition) is 5. The average molecular weight is 408 g/mol. The third-order valence-corrected chi connectivity index (χ3v) is 5.70. The van der Waals surface area contributed by atoms with Crippen molar-refractivity contribution < 1.29 is 0 Å². The predicted octanol–water partition coefficient (Wildman–Crippen LogP) is 4.37. The average Bonchev–Trinajstić information content (AvgIpc) is 3.36. The fraction of sp³-hybridized carbons (Fsp3) is 0.100. The molecule has 0 atom stereocenters. The van der Waals surface area contributed by atoms with Crippen molar-refractivity contribution in [2.45, 2.75) is 13.3 Å². The van der Waals surface area contributed by atoms with Gasteiger partial charge >= 0.3 is 0 Å². The van der Waals surface area contributed by atoms with Gasteiger partial charge in [-0.15, -0.1) is 11.3 Å². The molecule has 8 heteroatoms. The van der Waals surface area contributed by atoms with E-state index in [1.54, 1.807) is 23.1 Å². The maximum Gasteiger partial charge on any atom is 0.267 e. The normalized spacial score (nSPS) is 11.5. The first-order valence-corrected chi connectivity index (χ1v) is 10.0. The summed E-state index contributed by atoms with van der Waals surface area (Å²) in [4.78, 5) is 21.8. The largest absolute Gasteiger partial charge is 0.268 e. The molecule has 0 aliphatic rings. The van der Waals surface area contributed by atoms with Crippen molar-refractivity contribution in [3.63, 3.8) is 0 Å². The molecule has 1 aromatic carbocycles. The summed E-state index contributed by atoms with van der Waals surface area (Å²) in [6.07, 6.45) is 5.78. The Morgan fingerprint density at radius 1 is 1.14 bits per heavy atom. The molecule has 5 aromatic rings. The first kappa shape index (κ1) is 17.1. The SMILES string of the molecule is CCc1nn2c(ncc3c(=O)n(-c4nccs4)ccc32)c1-c1ccc(Cl)cc1. The van der Waals surface area contributed by atoms with E-state index in [0.717, 1.165) is 34.4 Å². The molecular formula is C20H14ClN5OS. The molecule has 0 amide bonds. The molecule has 0 fully saturated rings. The highest BCUT2D eigenvalue weighted by molar-refractivity contribution is 7.12. The molecule has 4 aromatic heterocycles. The number of aromatic nitrogens is 5. The molecule has 0 bridgehead atoms. The van der Waals surface area contributed by atoms with E-state index < -0.39 is 0 Å². The van der Waals surface area contributed by atoms with Gasteiger partial charge in [0.1, 0.15) is 0 Å². The highest BCUT2D eigenvalue weighted by Crippen LogP contribution is 2.30. The number of thiazole rings is 1. The van der Waals surface area contributed by atoms with Crippen LogP contribution >= 0.6 is 22.9 Å². The first-order valence-electron chi connectivity index (χ1n) is 8.75. The van der Waals surface area contributed by atoms with Gasteiger partial charge in [0.2, 0.25) is 0 Å². The van der Waals surface area contributed by atoms with Crippen molar-refractivity contribution in [1.82, 2.24) is 24.1 Å². The molecule has 0 aliphatic heterocycles. The Morgan fingerprint density at radius 2 is 1.96 bits per heavy atom. The van der Waals surface area contributed by atoms with E-state index in [9.17, 15) is 4.79 Å². The zero-order valence-corrected chi connectivity index (χ0v) is 16.4. The van der Waals surface area contributed by atoms with Crippen molar-refractivity contribution in [3.05, 3.63) is 75.4 Å². The zero-order valence-electron chi connectivity index (χ0n) is 14.8. The molecule has 5 rings (SSSR count). The van der Waals surface area contributed by atoms with Crippen LogP contribution in [0.1, 0.15) is 12.6 Å². The van der Waals surface area contributed by atoms with Crippen LogP contribution in [-0.4, -0.2) is 24.1 Å². The molecule has 0 N–H and O–H groups in total. The lowest BCUT2D eigenvalue weighted by Gasteiger charge is -2.05. The van der Waals surface area contributed by atoms with Crippen molar-refractivity contribution in [1.29, 1.82) is 0 Å². The number of hydrogen-bond donors (Lipinski definition) is 0. The number of fused-ring (bicyclic) bond motifs is 3. The van der Waals surface area contributed by atoms with E-state index in [0.29, 0.717) is 15.5 Å². The molecule has 138 valence electrons. The van der Waals surface area contributed by atoms with Gasteiger partial charge < -0.3 is 0 Å². The summed E-state index contributed by atoms with van der Waals surface area (Å²) in [6, 6.07) is 9.52. The Bertz CT molecular complexity index is 1370. The van der Waals surface area contributed by atoms with Gasteiger partial charge in [0, 0.05) is 34.6 Å². The maximum atomic E-state index is 13.0. The third kappa shape index (κ3) is 2.55. The van der Waals surface area contributed by atoms with E-state index in [-0.39, 0.29) is 5.56 Å². The van der Waals surface area contributed by atoms with Crippen LogP contribution in [0.3, 0.4) is 0 Å². The van der Waals surface area contributed by atoms with Gasteiger partial charge in [0.25, 0.3) is 5.56 Å². The molecule has 4 heterocycles. The number of aryl methyl sites for hydroxylation is 1. The van der Waals surface area contributed by atoms with Crippen LogP contribution in [0.4, 0.5) is 0 Å².